The van der Waals surface area contributed by atoms with Crippen LogP contribution in [0.25, 0.3) is 0 Å². The lowest BCUT2D eigenvalue weighted by Crippen LogP contribution is -2.41. The summed E-state index contributed by atoms with van der Waals surface area (Å²) in [6.07, 6.45) is 1.14. The highest BCUT2D eigenvalue weighted by Crippen LogP contribution is 2.24. The summed E-state index contributed by atoms with van der Waals surface area (Å²) in [6.45, 7) is 2.06. The fourth-order valence-electron chi connectivity index (χ4n) is 2.34. The molecular weight excluding hydrogens is 437 g/mol. The van der Waals surface area contributed by atoms with Crippen molar-refractivity contribution in [1.82, 2.24) is 15.6 Å². The van der Waals surface area contributed by atoms with Crippen molar-refractivity contribution >= 4 is 45.0 Å². The van der Waals surface area contributed by atoms with Crippen LogP contribution in [0.4, 0.5) is 0 Å². The normalized spacial score (nSPS) is 11.1. The Balaban J connectivity index is 1.73. The number of nitrogens with one attached hydrogen (secondary N) is 3. The van der Waals surface area contributed by atoms with Crippen LogP contribution in [0.3, 0.4) is 0 Å². The summed E-state index contributed by atoms with van der Waals surface area (Å²) in [7, 11) is -3.76. The molecular formula is C19H21Cl2N3O4S. The summed E-state index contributed by atoms with van der Waals surface area (Å²) >= 11 is 11.6. The molecule has 0 aliphatic carbocycles. The molecule has 156 valence electrons. The van der Waals surface area contributed by atoms with Crippen molar-refractivity contribution in [1.29, 1.82) is 0 Å². The molecule has 2 aromatic rings. The number of rotatable bonds is 8. The van der Waals surface area contributed by atoms with Crippen LogP contribution in [0.5, 0.6) is 0 Å². The number of hydrazine groups is 1. The van der Waals surface area contributed by atoms with Crippen LogP contribution in [0, 0.1) is 0 Å². The minimum atomic E-state index is -3.76. The number of aryl methyl sites for hydroxylation is 1. The van der Waals surface area contributed by atoms with E-state index in [1.807, 2.05) is 19.1 Å². The SMILES string of the molecule is CCc1ccc(C(=O)NNC(=O)CCCNS(=O)(=O)c2ccc(Cl)c(Cl)c2)cc1. The van der Waals surface area contributed by atoms with Gasteiger partial charge in [-0.1, -0.05) is 42.3 Å². The average molecular weight is 458 g/mol. The first kappa shape index (κ1) is 23.2. The van der Waals surface area contributed by atoms with Crippen LogP contribution >= 0.6 is 23.2 Å². The highest BCUT2D eigenvalue weighted by atomic mass is 35.5. The van der Waals surface area contributed by atoms with Gasteiger partial charge in [-0.2, -0.15) is 0 Å². The van der Waals surface area contributed by atoms with E-state index in [0.717, 1.165) is 12.0 Å². The van der Waals surface area contributed by atoms with E-state index in [0.29, 0.717) is 5.56 Å². The van der Waals surface area contributed by atoms with Crippen molar-refractivity contribution in [2.75, 3.05) is 6.54 Å². The van der Waals surface area contributed by atoms with E-state index in [9.17, 15) is 18.0 Å². The first-order valence-corrected chi connectivity index (χ1v) is 11.1. The van der Waals surface area contributed by atoms with E-state index in [1.54, 1.807) is 12.1 Å². The molecule has 0 spiro atoms. The van der Waals surface area contributed by atoms with Crippen molar-refractivity contribution < 1.29 is 18.0 Å². The van der Waals surface area contributed by atoms with Crippen LogP contribution in [0.15, 0.2) is 47.4 Å². The third-order valence-corrected chi connectivity index (χ3v) is 6.21. The van der Waals surface area contributed by atoms with Crippen molar-refractivity contribution in [3.8, 4) is 0 Å². The molecule has 10 heteroatoms. The number of hydrogen-bond donors (Lipinski definition) is 3. The van der Waals surface area contributed by atoms with Crippen molar-refractivity contribution in [2.24, 2.45) is 0 Å². The van der Waals surface area contributed by atoms with E-state index in [2.05, 4.69) is 15.6 Å². The Kier molecular flexibility index (Phi) is 8.45. The standard InChI is InChI=1S/C19H21Cl2N3O4S/c1-2-13-5-7-14(8-6-13)19(26)24-23-18(25)4-3-11-22-29(27,28)15-9-10-16(20)17(21)12-15/h5-10,12,22H,2-4,11H2,1H3,(H,23,25)(H,24,26). The summed E-state index contributed by atoms with van der Waals surface area (Å²) in [5, 5.41) is 0.389. The Hall–Kier alpha value is -2.13. The number of carbonyl (C=O) groups excluding carboxylic acids is 2. The molecule has 2 amide bonds. The van der Waals surface area contributed by atoms with E-state index < -0.39 is 21.8 Å². The summed E-state index contributed by atoms with van der Waals surface area (Å²) in [5.74, 6) is -0.862. The minimum absolute atomic E-state index is 0.0160. The van der Waals surface area contributed by atoms with E-state index in [4.69, 9.17) is 23.2 Å². The second-order valence-corrected chi connectivity index (χ2v) is 8.71. The third-order valence-electron chi connectivity index (χ3n) is 4.01. The lowest BCUT2D eigenvalue weighted by atomic mass is 10.1. The number of amides is 2. The Morgan fingerprint density at radius 2 is 1.66 bits per heavy atom. The molecule has 0 aliphatic heterocycles. The van der Waals surface area contributed by atoms with Crippen molar-refractivity contribution in [3.05, 3.63) is 63.6 Å². The fraction of sp³-hybridized carbons (Fsp3) is 0.263. The highest BCUT2D eigenvalue weighted by molar-refractivity contribution is 7.89. The van der Waals surface area contributed by atoms with Crippen LogP contribution in [-0.4, -0.2) is 26.8 Å². The van der Waals surface area contributed by atoms with Gasteiger partial charge in [0.15, 0.2) is 0 Å². The van der Waals surface area contributed by atoms with Gasteiger partial charge in [0.05, 0.1) is 14.9 Å². The maximum absolute atomic E-state index is 12.2. The largest absolute Gasteiger partial charge is 0.273 e. The molecule has 0 saturated carbocycles. The number of carbonyl (C=O) groups is 2. The zero-order chi connectivity index (χ0) is 21.4. The second kappa shape index (κ2) is 10.6. The monoisotopic (exact) mass is 457 g/mol. The lowest BCUT2D eigenvalue weighted by Gasteiger charge is -2.09. The number of sulfonamides is 1. The topological polar surface area (TPSA) is 104 Å². The van der Waals surface area contributed by atoms with Crippen LogP contribution < -0.4 is 15.6 Å². The molecule has 0 fully saturated rings. The van der Waals surface area contributed by atoms with Crippen LogP contribution in [-0.2, 0) is 21.2 Å². The molecule has 2 aromatic carbocycles. The predicted octanol–water partition coefficient (Wildman–Crippen LogP) is 3.08. The van der Waals surface area contributed by atoms with E-state index in [-0.39, 0.29) is 34.3 Å². The first-order valence-electron chi connectivity index (χ1n) is 8.85. The van der Waals surface area contributed by atoms with Crippen LogP contribution in [0.1, 0.15) is 35.7 Å². The van der Waals surface area contributed by atoms with Gasteiger partial charge in [0.25, 0.3) is 5.91 Å². The van der Waals surface area contributed by atoms with Gasteiger partial charge >= 0.3 is 0 Å². The van der Waals surface area contributed by atoms with Crippen molar-refractivity contribution in [3.63, 3.8) is 0 Å². The summed E-state index contributed by atoms with van der Waals surface area (Å²) in [4.78, 5) is 23.8. The van der Waals surface area contributed by atoms with Gasteiger partial charge in [-0.25, -0.2) is 13.1 Å². The smallest absolute Gasteiger partial charge is 0.269 e. The molecule has 0 bridgehead atoms. The summed E-state index contributed by atoms with van der Waals surface area (Å²) in [6, 6.07) is 11.0. The maximum atomic E-state index is 12.2. The van der Waals surface area contributed by atoms with Crippen LogP contribution in [0.2, 0.25) is 10.0 Å². The molecule has 2 rings (SSSR count). The molecule has 29 heavy (non-hydrogen) atoms. The molecule has 0 aromatic heterocycles. The summed E-state index contributed by atoms with van der Waals surface area (Å²) in [5.41, 5.74) is 6.16. The molecule has 0 atom stereocenters. The molecule has 3 N–H and O–H groups in total. The van der Waals surface area contributed by atoms with Gasteiger partial charge in [-0.15, -0.1) is 0 Å². The molecule has 7 nitrogen and oxygen atoms in total. The van der Waals surface area contributed by atoms with Gasteiger partial charge in [0.1, 0.15) is 0 Å². The lowest BCUT2D eigenvalue weighted by molar-refractivity contribution is -0.121. The average Bonchev–Trinajstić information content (AvgIpc) is 2.71. The van der Waals surface area contributed by atoms with Gasteiger partial charge in [0.2, 0.25) is 15.9 Å². The highest BCUT2D eigenvalue weighted by Gasteiger charge is 2.15. The fourth-order valence-corrected chi connectivity index (χ4v) is 3.80. The molecule has 0 unspecified atom stereocenters. The van der Waals surface area contributed by atoms with Gasteiger partial charge in [-0.3, -0.25) is 20.4 Å². The Morgan fingerprint density at radius 1 is 0.966 bits per heavy atom. The van der Waals surface area contributed by atoms with E-state index >= 15 is 0 Å². The summed E-state index contributed by atoms with van der Waals surface area (Å²) < 4.78 is 26.8. The Bertz CT molecular complexity index is 979. The van der Waals surface area contributed by atoms with Gasteiger partial charge < -0.3 is 0 Å². The molecule has 0 saturated heterocycles. The Morgan fingerprint density at radius 3 is 2.28 bits per heavy atom. The molecule has 0 radical (unpaired) electrons. The number of halogens is 2. The zero-order valence-electron chi connectivity index (χ0n) is 15.7. The van der Waals surface area contributed by atoms with E-state index in [1.165, 1.54) is 18.2 Å². The quantitative estimate of drug-likeness (QED) is 0.418. The minimum Gasteiger partial charge on any atom is -0.273 e. The Labute approximate surface area is 179 Å². The van der Waals surface area contributed by atoms with Gasteiger partial charge in [-0.05, 0) is 48.7 Å². The molecule has 0 aliphatic rings. The second-order valence-electron chi connectivity index (χ2n) is 6.13. The first-order chi connectivity index (χ1) is 13.7. The number of benzene rings is 2. The third kappa shape index (κ3) is 7.01. The van der Waals surface area contributed by atoms with Crippen molar-refractivity contribution in [2.45, 2.75) is 31.1 Å². The molecule has 0 heterocycles. The maximum Gasteiger partial charge on any atom is 0.269 e. The number of hydrogen-bond acceptors (Lipinski definition) is 4. The zero-order valence-corrected chi connectivity index (χ0v) is 18.0. The predicted molar refractivity (Wildman–Crippen MR) is 112 cm³/mol. The van der Waals surface area contributed by atoms with Gasteiger partial charge in [0, 0.05) is 18.5 Å².